The highest BCUT2D eigenvalue weighted by atomic mass is 127. The third-order valence-electron chi connectivity index (χ3n) is 4.73. The van der Waals surface area contributed by atoms with Gasteiger partial charge in [0.15, 0.2) is 5.96 Å². The van der Waals surface area contributed by atoms with Gasteiger partial charge in [-0.15, -0.1) is 24.0 Å². The molecule has 25 heavy (non-hydrogen) atoms. The van der Waals surface area contributed by atoms with Crippen molar-refractivity contribution in [1.29, 1.82) is 0 Å². The zero-order valence-electron chi connectivity index (χ0n) is 15.8. The smallest absolute Gasteiger partial charge is 0.219 e. The number of amides is 1. The molecule has 2 heterocycles. The molecule has 0 radical (unpaired) electrons. The predicted octanol–water partition coefficient (Wildman–Crippen LogP) is 2.04. The Balaban J connectivity index is 0.00000312. The number of carbonyl (C=O) groups is 1. The number of nitrogens with zero attached hydrogens (tertiary/aromatic N) is 3. The van der Waals surface area contributed by atoms with Gasteiger partial charge in [-0.1, -0.05) is 6.92 Å². The van der Waals surface area contributed by atoms with Crippen LogP contribution in [0.4, 0.5) is 0 Å². The molecule has 0 saturated carbocycles. The summed E-state index contributed by atoms with van der Waals surface area (Å²) in [7, 11) is 0. The zero-order valence-corrected chi connectivity index (χ0v) is 18.9. The molecule has 0 bridgehead atoms. The van der Waals surface area contributed by atoms with Gasteiger partial charge in [0.25, 0.3) is 0 Å². The highest BCUT2D eigenvalue weighted by molar-refractivity contribution is 14.0. The normalized spacial score (nSPS) is 20.8. The van der Waals surface area contributed by atoms with E-state index < -0.39 is 0 Å². The Kier molecular flexibility index (Phi) is 10.5. The maximum atomic E-state index is 11.5. The molecular weight excluding hydrogens is 451 g/mol. The minimum Gasteiger partial charge on any atom is -0.381 e. The topological polar surface area (TPSA) is 57.2 Å². The van der Waals surface area contributed by atoms with Crippen molar-refractivity contribution < 1.29 is 9.53 Å². The monoisotopic (exact) mass is 484 g/mol. The summed E-state index contributed by atoms with van der Waals surface area (Å²) in [6.45, 7) is 12.6. The number of hydrogen-bond donors (Lipinski definition) is 1. The Hall–Kier alpha value is -0.220. The summed E-state index contributed by atoms with van der Waals surface area (Å²) in [4.78, 5) is 20.7. The summed E-state index contributed by atoms with van der Waals surface area (Å²) in [5.74, 6) is 2.27. The maximum absolute atomic E-state index is 11.5. The lowest BCUT2D eigenvalue weighted by atomic mass is 9.99. The number of rotatable bonds is 5. The van der Waals surface area contributed by atoms with Crippen molar-refractivity contribution in [2.45, 2.75) is 38.4 Å². The number of ether oxygens (including phenoxy) is 1. The van der Waals surface area contributed by atoms with Crippen molar-refractivity contribution in [2.24, 2.45) is 4.99 Å². The van der Waals surface area contributed by atoms with Crippen LogP contribution in [0.25, 0.3) is 0 Å². The molecule has 0 aromatic heterocycles. The molecule has 0 atom stereocenters. The molecular formula is C17H33IN4O2S. The number of thioether (sulfide) groups is 1. The summed E-state index contributed by atoms with van der Waals surface area (Å²) in [5, 5.41) is 3.43. The van der Waals surface area contributed by atoms with E-state index in [9.17, 15) is 4.79 Å². The number of nitrogens with one attached hydrogen (secondary N) is 1. The second-order valence-corrected chi connectivity index (χ2v) is 8.12. The number of guanidine groups is 1. The standard InChI is InChI=1S/C17H32N4O2S.HI/c1-4-18-16(21-10-8-20(9-11-21)15(3)22)19-14-17(24-5-2)6-12-23-13-7-17;/h4-14H2,1-3H3,(H,18,19);1H. The van der Waals surface area contributed by atoms with Crippen LogP contribution in [0.15, 0.2) is 4.99 Å². The largest absolute Gasteiger partial charge is 0.381 e. The van der Waals surface area contributed by atoms with Gasteiger partial charge < -0.3 is 19.9 Å². The van der Waals surface area contributed by atoms with E-state index in [2.05, 4.69) is 24.1 Å². The van der Waals surface area contributed by atoms with Gasteiger partial charge in [0.2, 0.25) is 5.91 Å². The Morgan fingerprint density at radius 3 is 2.28 bits per heavy atom. The summed E-state index contributed by atoms with van der Waals surface area (Å²) in [5.41, 5.74) is 0. The molecule has 1 N–H and O–H groups in total. The number of carbonyl (C=O) groups excluding carboxylic acids is 1. The number of piperazine rings is 1. The van der Waals surface area contributed by atoms with Crippen LogP contribution in [0.1, 0.15) is 33.6 Å². The van der Waals surface area contributed by atoms with Crippen molar-refractivity contribution in [3.05, 3.63) is 0 Å². The van der Waals surface area contributed by atoms with E-state index in [1.54, 1.807) is 6.92 Å². The molecule has 2 saturated heterocycles. The van der Waals surface area contributed by atoms with Gasteiger partial charge in [0, 0.05) is 57.6 Å². The molecule has 0 aromatic carbocycles. The minimum atomic E-state index is 0. The quantitative estimate of drug-likeness (QED) is 0.368. The van der Waals surface area contributed by atoms with Crippen molar-refractivity contribution in [2.75, 3.05) is 58.2 Å². The van der Waals surface area contributed by atoms with E-state index in [1.165, 1.54) is 0 Å². The predicted molar refractivity (Wildman–Crippen MR) is 116 cm³/mol. The Morgan fingerprint density at radius 2 is 1.76 bits per heavy atom. The molecule has 2 aliphatic rings. The molecule has 0 spiro atoms. The highest BCUT2D eigenvalue weighted by Crippen LogP contribution is 2.35. The van der Waals surface area contributed by atoms with Crippen LogP contribution in [-0.4, -0.2) is 84.6 Å². The second kappa shape index (κ2) is 11.5. The number of aliphatic imine (C=N–C) groups is 1. The van der Waals surface area contributed by atoms with Crippen LogP contribution in [0, 0.1) is 0 Å². The first kappa shape index (κ1) is 22.8. The summed E-state index contributed by atoms with van der Waals surface area (Å²) in [6, 6.07) is 0. The summed E-state index contributed by atoms with van der Waals surface area (Å²) < 4.78 is 5.77. The van der Waals surface area contributed by atoms with Gasteiger partial charge in [-0.05, 0) is 25.5 Å². The average Bonchev–Trinajstić information content (AvgIpc) is 2.60. The van der Waals surface area contributed by atoms with Crippen molar-refractivity contribution >= 4 is 47.6 Å². The minimum absolute atomic E-state index is 0. The summed E-state index contributed by atoms with van der Waals surface area (Å²) in [6.07, 6.45) is 2.15. The molecule has 8 heteroatoms. The Labute approximate surface area is 173 Å². The van der Waals surface area contributed by atoms with Crippen LogP contribution in [0.2, 0.25) is 0 Å². The van der Waals surface area contributed by atoms with Gasteiger partial charge in [-0.25, -0.2) is 0 Å². The first-order chi connectivity index (χ1) is 11.6. The van der Waals surface area contributed by atoms with E-state index in [4.69, 9.17) is 9.73 Å². The van der Waals surface area contributed by atoms with Crippen LogP contribution >= 0.6 is 35.7 Å². The first-order valence-corrected chi connectivity index (χ1v) is 10.1. The fraction of sp³-hybridized carbons (Fsp3) is 0.882. The molecule has 146 valence electrons. The zero-order chi connectivity index (χ0) is 17.4. The molecule has 1 amide bonds. The van der Waals surface area contributed by atoms with Gasteiger partial charge >= 0.3 is 0 Å². The number of hydrogen-bond acceptors (Lipinski definition) is 4. The fourth-order valence-electron chi connectivity index (χ4n) is 3.28. The molecule has 2 aliphatic heterocycles. The summed E-state index contributed by atoms with van der Waals surface area (Å²) >= 11 is 2.02. The van der Waals surface area contributed by atoms with Crippen LogP contribution < -0.4 is 5.32 Å². The van der Waals surface area contributed by atoms with E-state index in [-0.39, 0.29) is 34.6 Å². The molecule has 0 unspecified atom stereocenters. The maximum Gasteiger partial charge on any atom is 0.219 e. The highest BCUT2D eigenvalue weighted by Gasteiger charge is 2.33. The lowest BCUT2D eigenvalue weighted by molar-refractivity contribution is -0.130. The Morgan fingerprint density at radius 1 is 1.16 bits per heavy atom. The van der Waals surface area contributed by atoms with Crippen molar-refractivity contribution in [3.8, 4) is 0 Å². The van der Waals surface area contributed by atoms with E-state index in [1.807, 2.05) is 16.7 Å². The first-order valence-electron chi connectivity index (χ1n) is 9.10. The number of halogens is 1. The van der Waals surface area contributed by atoms with Crippen LogP contribution in [-0.2, 0) is 9.53 Å². The van der Waals surface area contributed by atoms with Gasteiger partial charge in [-0.3, -0.25) is 9.79 Å². The third kappa shape index (κ3) is 6.78. The SMILES string of the molecule is CCNC(=NCC1(SCC)CCOCC1)N1CCN(C(C)=O)CC1.I. The third-order valence-corrected chi connectivity index (χ3v) is 6.17. The molecule has 2 fully saturated rings. The molecule has 0 aliphatic carbocycles. The van der Waals surface area contributed by atoms with E-state index >= 15 is 0 Å². The average molecular weight is 484 g/mol. The lowest BCUT2D eigenvalue weighted by Gasteiger charge is -2.38. The molecule has 2 rings (SSSR count). The van der Waals surface area contributed by atoms with E-state index in [0.717, 1.165) is 77.0 Å². The van der Waals surface area contributed by atoms with Crippen molar-refractivity contribution in [1.82, 2.24) is 15.1 Å². The fourth-order valence-corrected chi connectivity index (χ4v) is 4.50. The van der Waals surface area contributed by atoms with Crippen LogP contribution in [0.3, 0.4) is 0 Å². The van der Waals surface area contributed by atoms with Gasteiger partial charge in [0.05, 0.1) is 6.54 Å². The van der Waals surface area contributed by atoms with Gasteiger partial charge in [0.1, 0.15) is 0 Å². The lowest BCUT2D eigenvalue weighted by Crippen LogP contribution is -2.53. The molecule has 6 nitrogen and oxygen atoms in total. The van der Waals surface area contributed by atoms with E-state index in [0.29, 0.717) is 0 Å². The second-order valence-electron chi connectivity index (χ2n) is 6.39. The van der Waals surface area contributed by atoms with Crippen LogP contribution in [0.5, 0.6) is 0 Å². The molecule has 0 aromatic rings. The Bertz CT molecular complexity index is 431. The van der Waals surface area contributed by atoms with Crippen molar-refractivity contribution in [3.63, 3.8) is 0 Å². The van der Waals surface area contributed by atoms with Gasteiger partial charge in [-0.2, -0.15) is 11.8 Å².